The molecule has 1 N–H and O–H groups in total. The molecule has 2 aromatic carbocycles. The summed E-state index contributed by atoms with van der Waals surface area (Å²) in [6.07, 6.45) is 6.62. The molecular weight excluding hydrogens is 384 g/mol. The normalized spacial score (nSPS) is 27.4. The number of aliphatic hydroxyl groups is 1. The van der Waals surface area contributed by atoms with E-state index in [1.807, 2.05) is 18.2 Å². The van der Waals surface area contributed by atoms with Gasteiger partial charge in [-0.25, -0.2) is 0 Å². The standard InChI is InChI=1S/C14H18O2.C14H18O/c1-10(15)12-8-13(14(16)9-12)7-11-5-3-2-4-6-11;1-11(15)14-8-7-13(10-14)9-12-5-3-2-4-6-12/h2-6,12-14,16H,7-9H2,1H3;2-6,13-14H,7-10H2,1H3/t12-,13-,14?;13-,14+/m00/s1. The number of carbonyl (C=O) groups excluding carboxylic acids is 2. The smallest absolute Gasteiger partial charge is 0.133 e. The summed E-state index contributed by atoms with van der Waals surface area (Å²) in [5.41, 5.74) is 2.66. The molecule has 3 nitrogen and oxygen atoms in total. The molecule has 0 spiro atoms. The Morgan fingerprint density at radius 3 is 1.77 bits per heavy atom. The minimum atomic E-state index is -0.311. The Labute approximate surface area is 186 Å². The van der Waals surface area contributed by atoms with Crippen molar-refractivity contribution in [2.75, 3.05) is 0 Å². The van der Waals surface area contributed by atoms with Crippen LogP contribution in [0.5, 0.6) is 0 Å². The van der Waals surface area contributed by atoms with Crippen LogP contribution in [-0.4, -0.2) is 22.8 Å². The van der Waals surface area contributed by atoms with Crippen LogP contribution in [0.2, 0.25) is 0 Å². The molecule has 0 aromatic heterocycles. The highest BCUT2D eigenvalue weighted by Gasteiger charge is 2.35. The molecule has 0 saturated heterocycles. The Kier molecular flexibility index (Phi) is 8.60. The van der Waals surface area contributed by atoms with Gasteiger partial charge < -0.3 is 5.11 Å². The average Bonchev–Trinajstić information content (AvgIpc) is 3.37. The molecule has 2 aliphatic rings. The van der Waals surface area contributed by atoms with Crippen LogP contribution in [0.25, 0.3) is 0 Å². The highest BCUT2D eigenvalue weighted by atomic mass is 16.3. The zero-order valence-corrected chi connectivity index (χ0v) is 18.9. The van der Waals surface area contributed by atoms with E-state index in [-0.39, 0.29) is 23.7 Å². The molecule has 5 atom stereocenters. The molecule has 0 radical (unpaired) electrons. The topological polar surface area (TPSA) is 54.4 Å². The molecule has 0 aliphatic heterocycles. The van der Waals surface area contributed by atoms with Crippen molar-refractivity contribution in [3.63, 3.8) is 0 Å². The molecule has 2 aromatic rings. The summed E-state index contributed by atoms with van der Waals surface area (Å²) in [6, 6.07) is 20.8. The van der Waals surface area contributed by atoms with E-state index in [0.29, 0.717) is 18.1 Å². The minimum absolute atomic E-state index is 0.0729. The van der Waals surface area contributed by atoms with Crippen molar-refractivity contribution in [3.8, 4) is 0 Å². The van der Waals surface area contributed by atoms with Gasteiger partial charge in [0.05, 0.1) is 6.10 Å². The number of hydrogen-bond acceptors (Lipinski definition) is 3. The average molecular weight is 421 g/mol. The first-order chi connectivity index (χ1) is 14.9. The van der Waals surface area contributed by atoms with E-state index in [1.165, 1.54) is 17.5 Å². The van der Waals surface area contributed by atoms with E-state index >= 15 is 0 Å². The summed E-state index contributed by atoms with van der Waals surface area (Å²) in [4.78, 5) is 22.5. The number of rotatable bonds is 6. The number of hydrogen-bond donors (Lipinski definition) is 1. The van der Waals surface area contributed by atoms with E-state index in [9.17, 15) is 14.7 Å². The number of Topliss-reactive ketones (excluding diaryl/α,β-unsaturated/α-hetero) is 2. The quantitative estimate of drug-likeness (QED) is 0.677. The monoisotopic (exact) mass is 420 g/mol. The molecule has 1 unspecified atom stereocenters. The van der Waals surface area contributed by atoms with Crippen LogP contribution in [-0.2, 0) is 22.4 Å². The lowest BCUT2D eigenvalue weighted by molar-refractivity contribution is -0.121. The van der Waals surface area contributed by atoms with Gasteiger partial charge in [0.1, 0.15) is 11.6 Å². The second-order valence-corrected chi connectivity index (χ2v) is 9.47. The highest BCUT2D eigenvalue weighted by Crippen LogP contribution is 2.34. The summed E-state index contributed by atoms with van der Waals surface area (Å²) in [5, 5.41) is 9.92. The van der Waals surface area contributed by atoms with Gasteiger partial charge in [-0.3, -0.25) is 9.59 Å². The molecule has 166 valence electrons. The molecule has 0 amide bonds. The summed E-state index contributed by atoms with van der Waals surface area (Å²) in [6.45, 7) is 3.36. The predicted molar refractivity (Wildman–Crippen MR) is 125 cm³/mol. The first-order valence-electron chi connectivity index (χ1n) is 11.7. The first kappa shape index (κ1) is 23.4. The summed E-state index contributed by atoms with van der Waals surface area (Å²) < 4.78 is 0. The second kappa shape index (κ2) is 11.4. The fourth-order valence-electron chi connectivity index (χ4n) is 5.15. The lowest BCUT2D eigenvalue weighted by atomic mass is 9.95. The highest BCUT2D eigenvalue weighted by molar-refractivity contribution is 5.79. The first-order valence-corrected chi connectivity index (χ1v) is 11.7. The van der Waals surface area contributed by atoms with Crippen LogP contribution in [0.3, 0.4) is 0 Å². The molecular formula is C28H36O3. The summed E-state index contributed by atoms with van der Waals surface area (Å²) in [5.74, 6) is 1.99. The van der Waals surface area contributed by atoms with Crippen LogP contribution < -0.4 is 0 Å². The maximum Gasteiger partial charge on any atom is 0.133 e. The SMILES string of the molecule is CC(=O)[C@@H]1CC(O)[C@@H](Cc2ccccc2)C1.CC(=O)[C@@H]1CC[C@@H](Cc2ccccc2)C1. The maximum absolute atomic E-state index is 11.3. The Hall–Kier alpha value is -2.26. The van der Waals surface area contributed by atoms with Crippen molar-refractivity contribution < 1.29 is 14.7 Å². The Bertz CT molecular complexity index is 830. The number of ketones is 2. The molecule has 2 saturated carbocycles. The van der Waals surface area contributed by atoms with E-state index in [0.717, 1.165) is 38.0 Å². The van der Waals surface area contributed by atoms with Crippen molar-refractivity contribution in [2.24, 2.45) is 23.7 Å². The minimum Gasteiger partial charge on any atom is -0.393 e. The molecule has 2 fully saturated rings. The summed E-state index contributed by atoms with van der Waals surface area (Å²) >= 11 is 0. The number of carbonyl (C=O) groups is 2. The van der Waals surface area contributed by atoms with Crippen LogP contribution in [0.1, 0.15) is 57.1 Å². The third-order valence-electron chi connectivity index (χ3n) is 7.06. The molecule has 0 bridgehead atoms. The van der Waals surface area contributed by atoms with E-state index < -0.39 is 0 Å². The van der Waals surface area contributed by atoms with Gasteiger partial charge in [-0.05, 0) is 81.8 Å². The zero-order chi connectivity index (χ0) is 22.2. The fraction of sp³-hybridized carbons (Fsp3) is 0.500. The van der Waals surface area contributed by atoms with Crippen LogP contribution in [0.4, 0.5) is 0 Å². The fourth-order valence-corrected chi connectivity index (χ4v) is 5.15. The van der Waals surface area contributed by atoms with Gasteiger partial charge in [0.2, 0.25) is 0 Å². The second-order valence-electron chi connectivity index (χ2n) is 9.47. The molecule has 3 heteroatoms. The largest absolute Gasteiger partial charge is 0.393 e. The number of benzene rings is 2. The lowest BCUT2D eigenvalue weighted by Gasteiger charge is -2.13. The van der Waals surface area contributed by atoms with Gasteiger partial charge in [0, 0.05) is 11.8 Å². The van der Waals surface area contributed by atoms with Gasteiger partial charge in [-0.1, -0.05) is 60.7 Å². The molecule has 31 heavy (non-hydrogen) atoms. The summed E-state index contributed by atoms with van der Waals surface area (Å²) in [7, 11) is 0. The van der Waals surface area contributed by atoms with Gasteiger partial charge in [-0.2, -0.15) is 0 Å². The molecule has 4 rings (SSSR count). The van der Waals surface area contributed by atoms with Gasteiger partial charge >= 0.3 is 0 Å². The van der Waals surface area contributed by atoms with E-state index in [4.69, 9.17) is 0 Å². The van der Waals surface area contributed by atoms with Crippen molar-refractivity contribution in [3.05, 3.63) is 71.8 Å². The van der Waals surface area contributed by atoms with Crippen molar-refractivity contribution in [1.29, 1.82) is 0 Å². The van der Waals surface area contributed by atoms with Crippen molar-refractivity contribution in [1.82, 2.24) is 0 Å². The predicted octanol–water partition coefficient (Wildman–Crippen LogP) is 5.44. The molecule has 2 aliphatic carbocycles. The Morgan fingerprint density at radius 2 is 1.29 bits per heavy atom. The van der Waals surface area contributed by atoms with Crippen molar-refractivity contribution >= 4 is 11.6 Å². The van der Waals surface area contributed by atoms with E-state index in [2.05, 4.69) is 42.5 Å². The molecule has 0 heterocycles. The Morgan fingerprint density at radius 1 is 0.742 bits per heavy atom. The third kappa shape index (κ3) is 7.14. The van der Waals surface area contributed by atoms with Gasteiger partial charge in [0.25, 0.3) is 0 Å². The van der Waals surface area contributed by atoms with Gasteiger partial charge in [-0.15, -0.1) is 0 Å². The van der Waals surface area contributed by atoms with Crippen molar-refractivity contribution in [2.45, 2.75) is 64.9 Å². The van der Waals surface area contributed by atoms with Crippen LogP contribution in [0.15, 0.2) is 60.7 Å². The number of aliphatic hydroxyl groups excluding tert-OH is 1. The Balaban J connectivity index is 0.000000176. The third-order valence-corrected chi connectivity index (χ3v) is 7.06. The lowest BCUT2D eigenvalue weighted by Crippen LogP contribution is -2.15. The maximum atomic E-state index is 11.3. The van der Waals surface area contributed by atoms with Gasteiger partial charge in [0.15, 0.2) is 0 Å². The van der Waals surface area contributed by atoms with E-state index in [1.54, 1.807) is 13.8 Å². The van der Waals surface area contributed by atoms with Crippen LogP contribution in [0, 0.1) is 23.7 Å². The van der Waals surface area contributed by atoms with Crippen LogP contribution >= 0.6 is 0 Å². The zero-order valence-electron chi connectivity index (χ0n) is 18.9.